The number of hydrogen-bond acceptors (Lipinski definition) is 4. The quantitative estimate of drug-likeness (QED) is 0.841. The van der Waals surface area contributed by atoms with E-state index in [-0.39, 0.29) is 23.8 Å². The molecule has 7 heteroatoms. The summed E-state index contributed by atoms with van der Waals surface area (Å²) < 4.78 is 1.75. The number of carbonyl (C=O) groups is 2. The second kappa shape index (κ2) is 6.70. The van der Waals surface area contributed by atoms with Crippen molar-refractivity contribution in [1.29, 1.82) is 0 Å². The standard InChI is InChI=1S/C16H24N4O3/c1-3-19-14(21)7-6-12(15(19)13-8-9-17-18(13)2)16(22)20-10-4-5-11-23-20/h8-9,12,15H,3-7,10-11H2,1-2H3/t12-,15-/m0/s1. The fourth-order valence-corrected chi connectivity index (χ4v) is 3.58. The lowest BCUT2D eigenvalue weighted by Crippen LogP contribution is -2.50. The van der Waals surface area contributed by atoms with Crippen molar-refractivity contribution in [2.75, 3.05) is 19.7 Å². The molecule has 0 spiro atoms. The summed E-state index contributed by atoms with van der Waals surface area (Å²) in [4.78, 5) is 32.6. The second-order valence-electron chi connectivity index (χ2n) is 6.13. The van der Waals surface area contributed by atoms with Gasteiger partial charge in [0.15, 0.2) is 0 Å². The molecule has 1 aromatic rings. The van der Waals surface area contributed by atoms with Crippen LogP contribution in [0.5, 0.6) is 0 Å². The van der Waals surface area contributed by atoms with E-state index in [0.29, 0.717) is 32.5 Å². The normalized spacial score (nSPS) is 25.7. The van der Waals surface area contributed by atoms with Gasteiger partial charge in [-0.15, -0.1) is 0 Å². The molecule has 0 aromatic carbocycles. The van der Waals surface area contributed by atoms with E-state index in [2.05, 4.69) is 5.10 Å². The molecule has 2 amide bonds. The summed E-state index contributed by atoms with van der Waals surface area (Å²) in [6.45, 7) is 3.75. The van der Waals surface area contributed by atoms with Crippen molar-refractivity contribution in [3.8, 4) is 0 Å². The third-order valence-electron chi connectivity index (χ3n) is 4.77. The van der Waals surface area contributed by atoms with Crippen molar-refractivity contribution in [2.24, 2.45) is 13.0 Å². The van der Waals surface area contributed by atoms with E-state index in [0.717, 1.165) is 18.5 Å². The number of piperidine rings is 1. The number of nitrogens with zero attached hydrogens (tertiary/aromatic N) is 4. The van der Waals surface area contributed by atoms with Crippen molar-refractivity contribution in [1.82, 2.24) is 19.7 Å². The lowest BCUT2D eigenvalue weighted by molar-refractivity contribution is -0.204. The molecule has 126 valence electrons. The number of hydrogen-bond donors (Lipinski definition) is 0. The fourth-order valence-electron chi connectivity index (χ4n) is 3.58. The highest BCUT2D eigenvalue weighted by Gasteiger charge is 2.43. The lowest BCUT2D eigenvalue weighted by atomic mass is 9.85. The minimum Gasteiger partial charge on any atom is -0.334 e. The Morgan fingerprint density at radius 2 is 2.26 bits per heavy atom. The molecule has 7 nitrogen and oxygen atoms in total. The minimum atomic E-state index is -0.277. The van der Waals surface area contributed by atoms with Gasteiger partial charge >= 0.3 is 0 Å². The van der Waals surface area contributed by atoms with Crippen LogP contribution < -0.4 is 0 Å². The molecule has 2 atom stereocenters. The first-order valence-corrected chi connectivity index (χ1v) is 8.35. The van der Waals surface area contributed by atoms with Crippen LogP contribution >= 0.6 is 0 Å². The van der Waals surface area contributed by atoms with E-state index >= 15 is 0 Å². The molecule has 2 aliphatic rings. The Hall–Kier alpha value is -1.89. The zero-order valence-corrected chi connectivity index (χ0v) is 13.8. The molecular formula is C16H24N4O3. The smallest absolute Gasteiger partial charge is 0.251 e. The van der Waals surface area contributed by atoms with Gasteiger partial charge in [0.2, 0.25) is 5.91 Å². The average molecular weight is 320 g/mol. The van der Waals surface area contributed by atoms with Crippen LogP contribution in [0.4, 0.5) is 0 Å². The van der Waals surface area contributed by atoms with Crippen LogP contribution in [0.25, 0.3) is 0 Å². The van der Waals surface area contributed by atoms with Crippen molar-refractivity contribution in [2.45, 2.75) is 38.6 Å². The van der Waals surface area contributed by atoms with Gasteiger partial charge in [-0.25, -0.2) is 5.06 Å². The first-order valence-electron chi connectivity index (χ1n) is 8.35. The Balaban J connectivity index is 1.91. The number of aryl methyl sites for hydroxylation is 1. The van der Waals surface area contributed by atoms with Crippen LogP contribution in [0, 0.1) is 5.92 Å². The lowest BCUT2D eigenvalue weighted by Gasteiger charge is -2.41. The molecule has 2 aliphatic heterocycles. The third-order valence-corrected chi connectivity index (χ3v) is 4.77. The minimum absolute atomic E-state index is 0.0122. The summed E-state index contributed by atoms with van der Waals surface area (Å²) >= 11 is 0. The van der Waals surface area contributed by atoms with E-state index in [4.69, 9.17) is 4.84 Å². The zero-order valence-electron chi connectivity index (χ0n) is 13.8. The molecule has 0 bridgehead atoms. The van der Waals surface area contributed by atoms with Crippen LogP contribution in [0.2, 0.25) is 0 Å². The average Bonchev–Trinajstić information content (AvgIpc) is 3.00. The fraction of sp³-hybridized carbons (Fsp3) is 0.688. The van der Waals surface area contributed by atoms with E-state index in [1.807, 2.05) is 20.0 Å². The summed E-state index contributed by atoms with van der Waals surface area (Å²) in [6.07, 6.45) is 4.63. The van der Waals surface area contributed by atoms with Crippen LogP contribution in [-0.4, -0.2) is 51.3 Å². The number of aromatic nitrogens is 2. The predicted molar refractivity (Wildman–Crippen MR) is 83.0 cm³/mol. The molecule has 3 heterocycles. The molecule has 0 saturated carbocycles. The maximum Gasteiger partial charge on any atom is 0.251 e. The largest absolute Gasteiger partial charge is 0.334 e. The van der Waals surface area contributed by atoms with E-state index in [1.54, 1.807) is 15.8 Å². The van der Waals surface area contributed by atoms with Crippen LogP contribution in [-0.2, 0) is 21.5 Å². The number of likely N-dealkylation sites (tertiary alicyclic amines) is 1. The van der Waals surface area contributed by atoms with Crippen molar-refractivity contribution < 1.29 is 14.4 Å². The van der Waals surface area contributed by atoms with Gasteiger partial charge in [-0.2, -0.15) is 5.10 Å². The number of rotatable bonds is 3. The van der Waals surface area contributed by atoms with Gasteiger partial charge in [0, 0.05) is 32.8 Å². The highest BCUT2D eigenvalue weighted by Crippen LogP contribution is 2.37. The molecule has 2 fully saturated rings. The topological polar surface area (TPSA) is 67.7 Å². The number of hydroxylamine groups is 2. The van der Waals surface area contributed by atoms with E-state index < -0.39 is 0 Å². The highest BCUT2D eigenvalue weighted by molar-refractivity contribution is 5.84. The van der Waals surface area contributed by atoms with Crippen LogP contribution in [0.15, 0.2) is 12.3 Å². The molecule has 23 heavy (non-hydrogen) atoms. The maximum atomic E-state index is 13.0. The Morgan fingerprint density at radius 3 is 2.87 bits per heavy atom. The summed E-state index contributed by atoms with van der Waals surface area (Å²) in [5.74, 6) is -0.190. The number of amides is 2. The monoisotopic (exact) mass is 320 g/mol. The van der Waals surface area contributed by atoms with Crippen molar-refractivity contribution >= 4 is 11.8 Å². The molecule has 1 aromatic heterocycles. The Kier molecular flexibility index (Phi) is 4.66. The first-order chi connectivity index (χ1) is 11.1. The Labute approximate surface area is 136 Å². The molecular weight excluding hydrogens is 296 g/mol. The Morgan fingerprint density at radius 1 is 1.43 bits per heavy atom. The Bertz CT molecular complexity index is 580. The van der Waals surface area contributed by atoms with Gasteiger partial charge in [0.1, 0.15) is 0 Å². The molecule has 3 rings (SSSR count). The molecule has 0 N–H and O–H groups in total. The molecule has 2 saturated heterocycles. The van der Waals surface area contributed by atoms with Crippen molar-refractivity contribution in [3.05, 3.63) is 18.0 Å². The van der Waals surface area contributed by atoms with Crippen LogP contribution in [0.1, 0.15) is 44.3 Å². The van der Waals surface area contributed by atoms with E-state index in [9.17, 15) is 9.59 Å². The van der Waals surface area contributed by atoms with Crippen molar-refractivity contribution in [3.63, 3.8) is 0 Å². The van der Waals surface area contributed by atoms with E-state index in [1.165, 1.54) is 5.06 Å². The highest BCUT2D eigenvalue weighted by atomic mass is 16.7. The summed E-state index contributed by atoms with van der Waals surface area (Å²) in [6, 6.07) is 1.62. The zero-order chi connectivity index (χ0) is 16.4. The summed E-state index contributed by atoms with van der Waals surface area (Å²) in [5, 5.41) is 5.72. The van der Waals surface area contributed by atoms with Gasteiger partial charge in [-0.05, 0) is 32.3 Å². The predicted octanol–water partition coefficient (Wildman–Crippen LogP) is 1.27. The SMILES string of the molecule is CCN1C(=O)CC[C@H](C(=O)N2CCCCO2)[C@H]1c1ccnn1C. The van der Waals surface area contributed by atoms with Gasteiger partial charge in [-0.3, -0.25) is 19.1 Å². The van der Waals surface area contributed by atoms with Crippen LogP contribution in [0.3, 0.4) is 0 Å². The van der Waals surface area contributed by atoms with Gasteiger partial charge in [0.05, 0.1) is 24.3 Å². The van der Waals surface area contributed by atoms with Gasteiger partial charge < -0.3 is 4.90 Å². The molecule has 0 unspecified atom stereocenters. The summed E-state index contributed by atoms with van der Waals surface area (Å²) in [5.41, 5.74) is 0.898. The first kappa shape index (κ1) is 16.0. The van der Waals surface area contributed by atoms with Gasteiger partial charge in [0.25, 0.3) is 5.91 Å². The van der Waals surface area contributed by atoms with Gasteiger partial charge in [-0.1, -0.05) is 0 Å². The molecule has 0 radical (unpaired) electrons. The second-order valence-corrected chi connectivity index (χ2v) is 6.13. The molecule has 0 aliphatic carbocycles. The summed E-state index contributed by atoms with van der Waals surface area (Å²) in [7, 11) is 1.85. The maximum absolute atomic E-state index is 13.0. The number of carbonyl (C=O) groups excluding carboxylic acids is 2. The third kappa shape index (κ3) is 2.97.